The quantitative estimate of drug-likeness (QED) is 0.811. The molecule has 1 saturated heterocycles. The summed E-state index contributed by atoms with van der Waals surface area (Å²) in [5.74, 6) is -1.18. The predicted molar refractivity (Wildman–Crippen MR) is 83.6 cm³/mol. The number of ether oxygens (including phenoxy) is 1. The predicted octanol–water partition coefficient (Wildman–Crippen LogP) is 1.86. The highest BCUT2D eigenvalue weighted by Gasteiger charge is 2.39. The lowest BCUT2D eigenvalue weighted by atomic mass is 10.1. The lowest BCUT2D eigenvalue weighted by Gasteiger charge is -2.36. The van der Waals surface area contributed by atoms with Crippen LogP contribution in [0.1, 0.15) is 29.8 Å². The van der Waals surface area contributed by atoms with Crippen molar-refractivity contribution in [1.29, 1.82) is 0 Å². The maximum absolute atomic E-state index is 13.3. The van der Waals surface area contributed by atoms with Gasteiger partial charge in [-0.05, 0) is 32.0 Å². The molecule has 1 fully saturated rings. The number of carbonyl (C=O) groups is 1. The molecule has 1 aromatic carbocycles. The zero-order valence-electron chi connectivity index (χ0n) is 13.9. The summed E-state index contributed by atoms with van der Waals surface area (Å²) in [7, 11) is -3.18. The van der Waals surface area contributed by atoms with Crippen molar-refractivity contribution in [2.24, 2.45) is 0 Å². The number of hydrogen-bond acceptors (Lipinski definition) is 5. The second-order valence-corrected chi connectivity index (χ2v) is 7.82. The highest BCUT2D eigenvalue weighted by molar-refractivity contribution is 7.89. The van der Waals surface area contributed by atoms with Gasteiger partial charge in [-0.15, -0.1) is 0 Å². The van der Waals surface area contributed by atoms with Crippen LogP contribution in [0.25, 0.3) is 0 Å². The molecule has 140 valence electrons. The van der Waals surface area contributed by atoms with E-state index in [4.69, 9.17) is 0 Å². The minimum Gasteiger partial charge on any atom is -0.465 e. The molecule has 2 rings (SSSR count). The first-order valence-electron chi connectivity index (χ1n) is 7.53. The van der Waals surface area contributed by atoms with Gasteiger partial charge in [-0.1, -0.05) is 0 Å². The molecule has 10 heteroatoms. The minimum atomic E-state index is -4.89. The van der Waals surface area contributed by atoms with E-state index < -0.39 is 44.2 Å². The van der Waals surface area contributed by atoms with Gasteiger partial charge in [0.05, 0.1) is 23.1 Å². The first-order valence-corrected chi connectivity index (χ1v) is 8.97. The molecule has 0 spiro atoms. The number of piperazine rings is 1. The van der Waals surface area contributed by atoms with Gasteiger partial charge < -0.3 is 10.1 Å². The number of benzene rings is 1. The number of halogens is 3. The van der Waals surface area contributed by atoms with Gasteiger partial charge in [0.1, 0.15) is 0 Å². The van der Waals surface area contributed by atoms with E-state index in [2.05, 4.69) is 10.1 Å². The van der Waals surface area contributed by atoms with E-state index >= 15 is 0 Å². The van der Waals surface area contributed by atoms with Crippen LogP contribution in [-0.2, 0) is 20.9 Å². The third-order valence-corrected chi connectivity index (χ3v) is 5.99. The second-order valence-electron chi connectivity index (χ2n) is 5.93. The largest absolute Gasteiger partial charge is 0.465 e. The Balaban J connectivity index is 2.53. The summed E-state index contributed by atoms with van der Waals surface area (Å²) >= 11 is 0. The van der Waals surface area contributed by atoms with Crippen LogP contribution in [0, 0.1) is 0 Å². The topological polar surface area (TPSA) is 75.7 Å². The van der Waals surface area contributed by atoms with Crippen molar-refractivity contribution in [3.8, 4) is 0 Å². The maximum atomic E-state index is 13.3. The molecule has 0 saturated carbocycles. The van der Waals surface area contributed by atoms with Crippen molar-refractivity contribution in [1.82, 2.24) is 9.62 Å². The van der Waals surface area contributed by atoms with Gasteiger partial charge in [-0.3, -0.25) is 0 Å². The van der Waals surface area contributed by atoms with Gasteiger partial charge in [0.2, 0.25) is 10.0 Å². The molecule has 2 atom stereocenters. The van der Waals surface area contributed by atoms with E-state index in [0.29, 0.717) is 12.6 Å². The Morgan fingerprint density at radius 2 is 1.96 bits per heavy atom. The summed E-state index contributed by atoms with van der Waals surface area (Å²) in [5.41, 5.74) is -2.06. The molecule has 1 N–H and O–H groups in total. The standard InChI is InChI=1S/C15H19F3N2O4S/c1-9-8-20(10(2)7-19-9)25(22,23)11-4-5-12(14(21)24-3)13(6-11)15(16,17)18/h4-6,9-10,19H,7-8H2,1-3H3. The molecule has 1 aromatic rings. The number of carbonyl (C=O) groups excluding carboxylic acids is 1. The molecule has 0 amide bonds. The zero-order chi connectivity index (χ0) is 19.0. The fourth-order valence-electron chi connectivity index (χ4n) is 2.66. The van der Waals surface area contributed by atoms with E-state index in [9.17, 15) is 26.4 Å². The van der Waals surface area contributed by atoms with Crippen LogP contribution in [0.3, 0.4) is 0 Å². The SMILES string of the molecule is COC(=O)c1ccc(S(=O)(=O)N2CC(C)NCC2C)cc1C(F)(F)F. The Morgan fingerprint density at radius 3 is 2.52 bits per heavy atom. The molecule has 25 heavy (non-hydrogen) atoms. The molecule has 1 aliphatic heterocycles. The third-order valence-electron chi connectivity index (χ3n) is 4.02. The number of esters is 1. The molecule has 2 unspecified atom stereocenters. The summed E-state index contributed by atoms with van der Waals surface area (Å²) in [4.78, 5) is 11.0. The number of nitrogens with zero attached hydrogens (tertiary/aromatic N) is 1. The van der Waals surface area contributed by atoms with Gasteiger partial charge in [0.15, 0.2) is 0 Å². The molecule has 0 aromatic heterocycles. The van der Waals surface area contributed by atoms with Crippen LogP contribution in [0.2, 0.25) is 0 Å². The average Bonchev–Trinajstić information content (AvgIpc) is 2.54. The number of sulfonamides is 1. The van der Waals surface area contributed by atoms with Crippen LogP contribution in [0.15, 0.2) is 23.1 Å². The van der Waals surface area contributed by atoms with E-state index in [1.54, 1.807) is 13.8 Å². The van der Waals surface area contributed by atoms with Gasteiger partial charge in [0.25, 0.3) is 0 Å². The Bertz CT molecular complexity index is 765. The molecular formula is C15H19F3N2O4S. The number of alkyl halides is 3. The van der Waals surface area contributed by atoms with Gasteiger partial charge in [0, 0.05) is 25.2 Å². The van der Waals surface area contributed by atoms with Crippen LogP contribution >= 0.6 is 0 Å². The molecule has 0 bridgehead atoms. The van der Waals surface area contributed by atoms with Crippen molar-refractivity contribution >= 4 is 16.0 Å². The Labute approximate surface area is 144 Å². The monoisotopic (exact) mass is 380 g/mol. The first kappa shape index (κ1) is 19.7. The lowest BCUT2D eigenvalue weighted by molar-refractivity contribution is -0.138. The van der Waals surface area contributed by atoms with Crippen LogP contribution in [0.5, 0.6) is 0 Å². The number of nitrogens with one attached hydrogen (secondary N) is 1. The van der Waals surface area contributed by atoms with E-state index in [0.717, 1.165) is 19.2 Å². The summed E-state index contributed by atoms with van der Waals surface area (Å²) in [5, 5.41) is 3.11. The lowest BCUT2D eigenvalue weighted by Crippen LogP contribution is -2.56. The fourth-order valence-corrected chi connectivity index (χ4v) is 4.41. The van der Waals surface area contributed by atoms with Gasteiger partial charge >= 0.3 is 12.1 Å². The maximum Gasteiger partial charge on any atom is 0.417 e. The molecule has 1 heterocycles. The van der Waals surface area contributed by atoms with Gasteiger partial charge in [-0.25, -0.2) is 13.2 Å². The molecular weight excluding hydrogens is 361 g/mol. The Kier molecular flexibility index (Phi) is 5.45. The second kappa shape index (κ2) is 6.93. The highest BCUT2D eigenvalue weighted by Crippen LogP contribution is 2.35. The van der Waals surface area contributed by atoms with Gasteiger partial charge in [-0.2, -0.15) is 17.5 Å². The van der Waals surface area contributed by atoms with Crippen molar-refractivity contribution in [3.05, 3.63) is 29.3 Å². The summed E-state index contributed by atoms with van der Waals surface area (Å²) in [6, 6.07) is 1.79. The van der Waals surface area contributed by atoms with E-state index in [-0.39, 0.29) is 12.6 Å². The number of methoxy groups -OCH3 is 1. The number of rotatable bonds is 3. The van der Waals surface area contributed by atoms with Crippen LogP contribution < -0.4 is 5.32 Å². The molecule has 1 aliphatic rings. The molecule has 0 aliphatic carbocycles. The Hall–Kier alpha value is -1.65. The van der Waals surface area contributed by atoms with Crippen molar-refractivity contribution < 1.29 is 31.1 Å². The smallest absolute Gasteiger partial charge is 0.417 e. The molecule has 0 radical (unpaired) electrons. The fraction of sp³-hybridized carbons (Fsp3) is 0.533. The van der Waals surface area contributed by atoms with Crippen LogP contribution in [0.4, 0.5) is 13.2 Å². The number of hydrogen-bond donors (Lipinski definition) is 1. The first-order chi connectivity index (χ1) is 11.5. The van der Waals surface area contributed by atoms with E-state index in [1.807, 2.05) is 0 Å². The van der Waals surface area contributed by atoms with Crippen LogP contribution in [-0.4, -0.2) is 51.0 Å². The zero-order valence-corrected chi connectivity index (χ0v) is 14.7. The molecule has 6 nitrogen and oxygen atoms in total. The minimum absolute atomic E-state index is 0.123. The summed E-state index contributed by atoms with van der Waals surface area (Å²) in [6.07, 6.45) is -4.89. The van der Waals surface area contributed by atoms with E-state index in [1.165, 1.54) is 4.31 Å². The summed E-state index contributed by atoms with van der Waals surface area (Å²) in [6.45, 7) is 4.00. The van der Waals surface area contributed by atoms with Crippen molar-refractivity contribution in [3.63, 3.8) is 0 Å². The van der Waals surface area contributed by atoms with Crippen molar-refractivity contribution in [2.75, 3.05) is 20.2 Å². The normalized spacial score (nSPS) is 22.6. The van der Waals surface area contributed by atoms with Crippen molar-refractivity contribution in [2.45, 2.75) is 37.0 Å². The average molecular weight is 380 g/mol. The Morgan fingerprint density at radius 1 is 1.32 bits per heavy atom. The third kappa shape index (κ3) is 3.96. The summed E-state index contributed by atoms with van der Waals surface area (Å²) < 4.78 is 70.9. The highest BCUT2D eigenvalue weighted by atomic mass is 32.2.